The second-order valence-corrected chi connectivity index (χ2v) is 7.40. The van der Waals surface area contributed by atoms with E-state index in [1.807, 2.05) is 18.3 Å². The average Bonchev–Trinajstić information content (AvgIpc) is 3.09. The zero-order chi connectivity index (χ0) is 16.0. The number of hydrogen-bond donors (Lipinski definition) is 0. The number of anilines is 1. The summed E-state index contributed by atoms with van der Waals surface area (Å²) >= 11 is 9.19. The van der Waals surface area contributed by atoms with Crippen LogP contribution in [0.1, 0.15) is 12.1 Å². The van der Waals surface area contributed by atoms with E-state index in [9.17, 15) is 4.39 Å². The minimum atomic E-state index is -0.342. The Balaban J connectivity index is 1.46. The highest BCUT2D eigenvalue weighted by molar-refractivity contribution is 9.10. The lowest BCUT2D eigenvalue weighted by atomic mass is 10.2. The van der Waals surface area contributed by atoms with Gasteiger partial charge in [0.1, 0.15) is 0 Å². The molecule has 0 aromatic carbocycles. The van der Waals surface area contributed by atoms with Gasteiger partial charge >= 0.3 is 0 Å². The van der Waals surface area contributed by atoms with E-state index in [0.29, 0.717) is 22.9 Å². The first-order valence-corrected chi connectivity index (χ1v) is 8.69. The van der Waals surface area contributed by atoms with Gasteiger partial charge in [0.2, 0.25) is 0 Å². The number of pyridine rings is 2. The van der Waals surface area contributed by atoms with Crippen molar-refractivity contribution in [3.05, 3.63) is 51.6 Å². The van der Waals surface area contributed by atoms with Crippen LogP contribution in [0.5, 0.6) is 0 Å². The highest BCUT2D eigenvalue weighted by Gasteiger charge is 2.44. The normalized spacial score (nSPS) is 23.7. The molecule has 2 unspecified atom stereocenters. The number of rotatable bonds is 3. The van der Waals surface area contributed by atoms with E-state index < -0.39 is 0 Å². The third-order valence-corrected chi connectivity index (χ3v) is 5.24. The first-order valence-electron chi connectivity index (χ1n) is 7.52. The van der Waals surface area contributed by atoms with Gasteiger partial charge in [0, 0.05) is 48.6 Å². The number of fused-ring (bicyclic) bond motifs is 2. The number of piperazine rings is 1. The van der Waals surface area contributed by atoms with Crippen molar-refractivity contribution in [2.75, 3.05) is 18.0 Å². The lowest BCUT2D eigenvalue weighted by Gasteiger charge is -2.34. The predicted molar refractivity (Wildman–Crippen MR) is 91.1 cm³/mol. The first-order chi connectivity index (χ1) is 11.1. The monoisotopic (exact) mass is 396 g/mol. The standard InChI is InChI=1S/C16H15BrClFN4/c17-10-1-2-12(20-5-10)7-22-8-14-4-13(22)9-23(14)16-15(19)3-11(18)6-21-16/h1-3,5-6,13-14H,4,7-9H2. The maximum Gasteiger partial charge on any atom is 0.167 e. The van der Waals surface area contributed by atoms with Crippen molar-refractivity contribution in [3.63, 3.8) is 0 Å². The highest BCUT2D eigenvalue weighted by Crippen LogP contribution is 2.35. The van der Waals surface area contributed by atoms with Crippen molar-refractivity contribution in [2.24, 2.45) is 0 Å². The molecule has 2 atom stereocenters. The van der Waals surface area contributed by atoms with Gasteiger partial charge in [0.15, 0.2) is 11.6 Å². The number of halogens is 3. The highest BCUT2D eigenvalue weighted by atomic mass is 79.9. The van der Waals surface area contributed by atoms with E-state index in [-0.39, 0.29) is 5.82 Å². The van der Waals surface area contributed by atoms with Crippen LogP contribution in [0, 0.1) is 5.82 Å². The fraction of sp³-hybridized carbons (Fsp3) is 0.375. The Morgan fingerprint density at radius 2 is 2.09 bits per heavy atom. The summed E-state index contributed by atoms with van der Waals surface area (Å²) in [6.07, 6.45) is 4.37. The van der Waals surface area contributed by atoms with Gasteiger partial charge in [-0.2, -0.15) is 0 Å². The molecule has 2 aliphatic rings. The Morgan fingerprint density at radius 3 is 2.74 bits per heavy atom. The summed E-state index contributed by atoms with van der Waals surface area (Å²) in [7, 11) is 0. The van der Waals surface area contributed by atoms with Gasteiger partial charge in [0.05, 0.1) is 10.7 Å². The van der Waals surface area contributed by atoms with E-state index in [1.54, 1.807) is 0 Å². The molecular formula is C16H15BrClFN4. The Labute approximate surface area is 147 Å². The molecule has 4 heterocycles. The third kappa shape index (κ3) is 2.95. The molecule has 2 fully saturated rings. The van der Waals surface area contributed by atoms with Crippen LogP contribution in [0.4, 0.5) is 10.2 Å². The molecular weight excluding hydrogens is 383 g/mol. The molecule has 120 valence electrons. The van der Waals surface area contributed by atoms with E-state index in [2.05, 4.69) is 35.7 Å². The van der Waals surface area contributed by atoms with Gasteiger partial charge in [-0.25, -0.2) is 9.37 Å². The topological polar surface area (TPSA) is 32.3 Å². The largest absolute Gasteiger partial charge is 0.348 e. The van der Waals surface area contributed by atoms with E-state index >= 15 is 0 Å². The van der Waals surface area contributed by atoms with E-state index in [1.165, 1.54) is 12.3 Å². The van der Waals surface area contributed by atoms with Crippen LogP contribution in [-0.4, -0.2) is 40.0 Å². The summed E-state index contributed by atoms with van der Waals surface area (Å²) in [4.78, 5) is 13.1. The SMILES string of the molecule is Fc1cc(Cl)cnc1N1CC2CC1CN2Cc1ccc(Br)cn1. The lowest BCUT2D eigenvalue weighted by Crippen LogP contribution is -2.46. The molecule has 4 rings (SSSR count). The molecule has 7 heteroatoms. The fourth-order valence-corrected chi connectivity index (χ4v) is 3.91. The summed E-state index contributed by atoms with van der Waals surface area (Å²) in [5, 5.41) is 0.332. The molecule has 2 aromatic rings. The molecule has 2 aliphatic heterocycles. The summed E-state index contributed by atoms with van der Waals surface area (Å²) in [5.74, 6) is 0.0782. The number of aromatic nitrogens is 2. The molecule has 0 spiro atoms. The lowest BCUT2D eigenvalue weighted by molar-refractivity contribution is 0.227. The summed E-state index contributed by atoms with van der Waals surface area (Å²) < 4.78 is 15.1. The quantitative estimate of drug-likeness (QED) is 0.793. The van der Waals surface area contributed by atoms with Crippen LogP contribution < -0.4 is 4.90 Å². The van der Waals surface area contributed by atoms with Crippen LogP contribution in [0.2, 0.25) is 5.02 Å². The number of likely N-dealkylation sites (tertiary alicyclic amines) is 1. The van der Waals surface area contributed by atoms with Crippen molar-refractivity contribution in [2.45, 2.75) is 25.0 Å². The van der Waals surface area contributed by atoms with Crippen molar-refractivity contribution in [3.8, 4) is 0 Å². The predicted octanol–water partition coefficient (Wildman–Crippen LogP) is 3.49. The van der Waals surface area contributed by atoms with Gasteiger partial charge in [0.25, 0.3) is 0 Å². The second-order valence-electron chi connectivity index (χ2n) is 6.05. The molecule has 0 aliphatic carbocycles. The molecule has 4 nitrogen and oxygen atoms in total. The third-order valence-electron chi connectivity index (χ3n) is 4.57. The summed E-state index contributed by atoms with van der Waals surface area (Å²) in [6, 6.07) is 6.10. The molecule has 0 saturated carbocycles. The van der Waals surface area contributed by atoms with Gasteiger partial charge in [-0.3, -0.25) is 9.88 Å². The smallest absolute Gasteiger partial charge is 0.167 e. The number of hydrogen-bond acceptors (Lipinski definition) is 4. The summed E-state index contributed by atoms with van der Waals surface area (Å²) in [5.41, 5.74) is 1.06. The van der Waals surface area contributed by atoms with Crippen LogP contribution >= 0.6 is 27.5 Å². The van der Waals surface area contributed by atoms with Crippen LogP contribution in [0.3, 0.4) is 0 Å². The van der Waals surface area contributed by atoms with E-state index in [4.69, 9.17) is 11.6 Å². The average molecular weight is 398 g/mol. The molecule has 23 heavy (non-hydrogen) atoms. The molecule has 0 radical (unpaired) electrons. The zero-order valence-electron chi connectivity index (χ0n) is 12.3. The van der Waals surface area contributed by atoms with E-state index in [0.717, 1.165) is 36.2 Å². The first kappa shape index (κ1) is 15.3. The van der Waals surface area contributed by atoms with Gasteiger partial charge in [-0.1, -0.05) is 11.6 Å². The Bertz CT molecular complexity index is 727. The fourth-order valence-electron chi connectivity index (χ4n) is 3.53. The van der Waals surface area contributed by atoms with Crippen molar-refractivity contribution in [1.29, 1.82) is 0 Å². The molecule has 0 amide bonds. The van der Waals surface area contributed by atoms with Gasteiger partial charge < -0.3 is 4.90 Å². The zero-order valence-corrected chi connectivity index (χ0v) is 14.6. The van der Waals surface area contributed by atoms with Crippen LogP contribution in [0.25, 0.3) is 0 Å². The molecule has 2 bridgehead atoms. The molecule has 2 aromatic heterocycles. The molecule has 2 saturated heterocycles. The second kappa shape index (κ2) is 6.00. The minimum Gasteiger partial charge on any atom is -0.348 e. The van der Waals surface area contributed by atoms with Crippen molar-refractivity contribution >= 4 is 33.3 Å². The minimum absolute atomic E-state index is 0.304. The Kier molecular flexibility index (Phi) is 3.99. The maximum absolute atomic E-state index is 14.1. The number of nitrogens with zero attached hydrogens (tertiary/aromatic N) is 4. The van der Waals surface area contributed by atoms with Gasteiger partial charge in [-0.05, 0) is 40.5 Å². The Hall–Kier alpha value is -1.24. The van der Waals surface area contributed by atoms with Gasteiger partial charge in [-0.15, -0.1) is 0 Å². The molecule has 0 N–H and O–H groups in total. The maximum atomic E-state index is 14.1. The Morgan fingerprint density at radius 1 is 1.22 bits per heavy atom. The summed E-state index contributed by atoms with van der Waals surface area (Å²) in [6.45, 7) is 2.54. The van der Waals surface area contributed by atoms with Crippen LogP contribution in [-0.2, 0) is 6.54 Å². The van der Waals surface area contributed by atoms with Crippen molar-refractivity contribution < 1.29 is 4.39 Å². The van der Waals surface area contributed by atoms with Crippen LogP contribution in [0.15, 0.2) is 35.1 Å². The van der Waals surface area contributed by atoms with Crippen molar-refractivity contribution in [1.82, 2.24) is 14.9 Å².